The molecule has 0 bridgehead atoms. The van der Waals surface area contributed by atoms with E-state index in [2.05, 4.69) is 44.5 Å². The van der Waals surface area contributed by atoms with Gasteiger partial charge in [-0.3, -0.25) is 14.6 Å². The lowest BCUT2D eigenvalue weighted by molar-refractivity contribution is 0.139. The highest BCUT2D eigenvalue weighted by molar-refractivity contribution is 5.79. The number of hydrogen-bond donors (Lipinski definition) is 2. The van der Waals surface area contributed by atoms with Gasteiger partial charge in [-0.05, 0) is 32.2 Å². The van der Waals surface area contributed by atoms with E-state index in [1.54, 1.807) is 18.1 Å². The van der Waals surface area contributed by atoms with Crippen LogP contribution in [0.3, 0.4) is 0 Å². The maximum atomic E-state index is 4.27. The van der Waals surface area contributed by atoms with Gasteiger partial charge >= 0.3 is 0 Å². The number of nitrogens with zero attached hydrogens (tertiary/aromatic N) is 5. The summed E-state index contributed by atoms with van der Waals surface area (Å²) in [5.41, 5.74) is 0. The highest BCUT2D eigenvalue weighted by atomic mass is 15.3. The number of piperidine rings is 1. The first-order chi connectivity index (χ1) is 10.6. The molecule has 22 heavy (non-hydrogen) atoms. The van der Waals surface area contributed by atoms with Crippen molar-refractivity contribution in [2.75, 3.05) is 26.7 Å². The van der Waals surface area contributed by atoms with E-state index >= 15 is 0 Å². The molecule has 1 aromatic heterocycles. The minimum Gasteiger partial charge on any atom is -0.355 e. The van der Waals surface area contributed by atoms with Crippen molar-refractivity contribution in [3.05, 3.63) is 12.2 Å². The summed E-state index contributed by atoms with van der Waals surface area (Å²) in [5, 5.41) is 10.7. The number of hydrogen-bond acceptors (Lipinski definition) is 4. The van der Waals surface area contributed by atoms with Gasteiger partial charge in [-0.25, -0.2) is 4.98 Å². The van der Waals surface area contributed by atoms with Crippen LogP contribution in [-0.2, 0) is 13.6 Å². The van der Waals surface area contributed by atoms with Crippen LogP contribution in [0.2, 0.25) is 0 Å². The first-order valence-corrected chi connectivity index (χ1v) is 8.11. The highest BCUT2D eigenvalue weighted by Crippen LogP contribution is 2.17. The summed E-state index contributed by atoms with van der Waals surface area (Å²) in [7, 11) is 3.68. The van der Waals surface area contributed by atoms with E-state index < -0.39 is 0 Å². The van der Waals surface area contributed by atoms with Crippen molar-refractivity contribution in [2.45, 2.75) is 39.3 Å². The Hall–Kier alpha value is -1.63. The Morgan fingerprint density at radius 1 is 1.50 bits per heavy atom. The summed E-state index contributed by atoms with van der Waals surface area (Å²) in [6, 6.07) is 0.510. The molecule has 0 saturated carbocycles. The molecule has 1 aliphatic heterocycles. The molecule has 0 aromatic carbocycles. The van der Waals surface area contributed by atoms with Gasteiger partial charge in [0.2, 0.25) is 0 Å². The van der Waals surface area contributed by atoms with Crippen molar-refractivity contribution < 1.29 is 0 Å². The second-order valence-electron chi connectivity index (χ2n) is 6.20. The summed E-state index contributed by atoms with van der Waals surface area (Å²) in [5.74, 6) is 2.50. The van der Waals surface area contributed by atoms with Gasteiger partial charge in [-0.2, -0.15) is 5.10 Å². The third-order valence-electron chi connectivity index (χ3n) is 4.32. The number of aromatic nitrogens is 3. The molecule has 0 amide bonds. The molecule has 2 atom stereocenters. The van der Waals surface area contributed by atoms with E-state index in [1.165, 1.54) is 25.9 Å². The van der Waals surface area contributed by atoms with Gasteiger partial charge < -0.3 is 10.6 Å². The Morgan fingerprint density at radius 2 is 2.32 bits per heavy atom. The van der Waals surface area contributed by atoms with Gasteiger partial charge in [0, 0.05) is 33.2 Å². The van der Waals surface area contributed by atoms with Gasteiger partial charge in [0.1, 0.15) is 12.2 Å². The van der Waals surface area contributed by atoms with E-state index in [-0.39, 0.29) is 0 Å². The summed E-state index contributed by atoms with van der Waals surface area (Å²) < 4.78 is 1.76. The maximum absolute atomic E-state index is 4.27. The normalized spacial score (nSPS) is 21.6. The van der Waals surface area contributed by atoms with Crippen LogP contribution in [0.25, 0.3) is 0 Å². The van der Waals surface area contributed by atoms with Crippen LogP contribution in [0.4, 0.5) is 0 Å². The maximum Gasteiger partial charge on any atom is 0.191 e. The summed E-state index contributed by atoms with van der Waals surface area (Å²) in [6.07, 6.45) is 4.23. The first-order valence-electron chi connectivity index (χ1n) is 8.11. The van der Waals surface area contributed by atoms with Crippen molar-refractivity contribution >= 4 is 5.96 Å². The molecule has 1 aliphatic rings. The highest BCUT2D eigenvalue weighted by Gasteiger charge is 2.20. The predicted molar refractivity (Wildman–Crippen MR) is 88.6 cm³/mol. The number of rotatable bonds is 5. The summed E-state index contributed by atoms with van der Waals surface area (Å²) in [4.78, 5) is 11.0. The zero-order chi connectivity index (χ0) is 15.9. The lowest BCUT2D eigenvalue weighted by Gasteiger charge is -2.35. The van der Waals surface area contributed by atoms with E-state index in [1.807, 2.05) is 7.05 Å². The molecule has 2 N–H and O–H groups in total. The lowest BCUT2D eigenvalue weighted by Crippen LogP contribution is -2.48. The number of nitrogens with one attached hydrogen (secondary N) is 2. The molecule has 7 nitrogen and oxygen atoms in total. The lowest BCUT2D eigenvalue weighted by atomic mass is 9.99. The molecule has 2 unspecified atom stereocenters. The Balaban J connectivity index is 1.75. The SMILES string of the molecule is CN=C(NCc1ncnn1C)NCC(C)N1CCCC(C)C1. The molecule has 2 rings (SSSR count). The van der Waals surface area contributed by atoms with E-state index in [0.717, 1.165) is 24.2 Å². The average molecular weight is 307 g/mol. The van der Waals surface area contributed by atoms with Crippen molar-refractivity contribution in [3.63, 3.8) is 0 Å². The fraction of sp³-hybridized carbons (Fsp3) is 0.800. The van der Waals surface area contributed by atoms with Crippen LogP contribution in [0.15, 0.2) is 11.3 Å². The van der Waals surface area contributed by atoms with Crippen molar-refractivity contribution in [1.82, 2.24) is 30.3 Å². The van der Waals surface area contributed by atoms with Gasteiger partial charge in [-0.1, -0.05) is 6.92 Å². The predicted octanol–water partition coefficient (Wildman–Crippen LogP) is 0.601. The van der Waals surface area contributed by atoms with Crippen LogP contribution in [-0.4, -0.2) is 58.3 Å². The monoisotopic (exact) mass is 307 g/mol. The number of aryl methyl sites for hydroxylation is 1. The minimum absolute atomic E-state index is 0.510. The molecule has 2 heterocycles. The molecular formula is C15H29N7. The summed E-state index contributed by atoms with van der Waals surface area (Å²) >= 11 is 0. The Labute approximate surface area is 133 Å². The quantitative estimate of drug-likeness (QED) is 0.616. The van der Waals surface area contributed by atoms with Gasteiger partial charge in [0.15, 0.2) is 5.96 Å². The van der Waals surface area contributed by atoms with Crippen LogP contribution in [0, 0.1) is 5.92 Å². The van der Waals surface area contributed by atoms with Crippen LogP contribution < -0.4 is 10.6 Å². The zero-order valence-electron chi connectivity index (χ0n) is 14.2. The second kappa shape index (κ2) is 8.12. The number of likely N-dealkylation sites (tertiary alicyclic amines) is 1. The molecular weight excluding hydrogens is 278 g/mol. The molecule has 124 valence electrons. The molecule has 1 saturated heterocycles. The Kier molecular flexibility index (Phi) is 6.18. The molecule has 0 radical (unpaired) electrons. The molecule has 1 aromatic rings. The van der Waals surface area contributed by atoms with Crippen LogP contribution >= 0.6 is 0 Å². The topological polar surface area (TPSA) is 70.4 Å². The summed E-state index contributed by atoms with van der Waals surface area (Å²) in [6.45, 7) is 8.54. The van der Waals surface area contributed by atoms with E-state index in [0.29, 0.717) is 12.6 Å². The smallest absolute Gasteiger partial charge is 0.191 e. The molecule has 0 spiro atoms. The van der Waals surface area contributed by atoms with Crippen LogP contribution in [0.1, 0.15) is 32.5 Å². The standard InChI is InChI=1S/C15H29N7/c1-12-6-5-7-22(10-12)13(2)8-17-15(16-3)18-9-14-19-11-20-21(14)4/h11-13H,5-10H2,1-4H3,(H2,16,17,18). The van der Waals surface area contributed by atoms with Crippen molar-refractivity contribution in [2.24, 2.45) is 18.0 Å². The second-order valence-corrected chi connectivity index (χ2v) is 6.20. The molecule has 7 heteroatoms. The largest absolute Gasteiger partial charge is 0.355 e. The number of guanidine groups is 1. The van der Waals surface area contributed by atoms with Crippen molar-refractivity contribution in [1.29, 1.82) is 0 Å². The van der Waals surface area contributed by atoms with E-state index in [4.69, 9.17) is 0 Å². The number of aliphatic imine (C=N–C) groups is 1. The van der Waals surface area contributed by atoms with E-state index in [9.17, 15) is 0 Å². The van der Waals surface area contributed by atoms with Crippen LogP contribution in [0.5, 0.6) is 0 Å². The first kappa shape index (κ1) is 16.7. The Bertz CT molecular complexity index is 482. The zero-order valence-corrected chi connectivity index (χ0v) is 14.2. The van der Waals surface area contributed by atoms with Gasteiger partial charge in [0.05, 0.1) is 6.54 Å². The third-order valence-corrected chi connectivity index (χ3v) is 4.32. The third kappa shape index (κ3) is 4.69. The fourth-order valence-corrected chi connectivity index (χ4v) is 2.86. The molecule has 1 fully saturated rings. The van der Waals surface area contributed by atoms with Gasteiger partial charge in [0.25, 0.3) is 0 Å². The minimum atomic E-state index is 0.510. The van der Waals surface area contributed by atoms with Gasteiger partial charge in [-0.15, -0.1) is 0 Å². The fourth-order valence-electron chi connectivity index (χ4n) is 2.86. The average Bonchev–Trinajstić information content (AvgIpc) is 2.92. The van der Waals surface area contributed by atoms with Crippen molar-refractivity contribution in [3.8, 4) is 0 Å². The Morgan fingerprint density at radius 3 is 2.95 bits per heavy atom. The molecule has 0 aliphatic carbocycles.